The molecule has 1 aromatic heterocycles. The van der Waals surface area contributed by atoms with Crippen molar-refractivity contribution in [2.45, 2.75) is 84.0 Å². The lowest BCUT2D eigenvalue weighted by Crippen LogP contribution is -2.44. The van der Waals surface area contributed by atoms with Crippen molar-refractivity contribution >= 4 is 18.1 Å². The first-order chi connectivity index (χ1) is 12.4. The van der Waals surface area contributed by atoms with Crippen LogP contribution < -0.4 is 4.90 Å². The van der Waals surface area contributed by atoms with Crippen LogP contribution >= 0.6 is 0 Å². The number of amides is 2. The standard InChI is InChI=1S/C19H29N3O5/c1-18(2,3)26-16(24)22(17(25)27-19(4,5)6)15-20-10-13(11-21-15)12-7-8-14(23)9-12/h10-12,14,23H,7-9H2,1-6H3. The van der Waals surface area contributed by atoms with Crippen LogP contribution in [0, 0.1) is 0 Å². The molecular formula is C19H29N3O5. The smallest absolute Gasteiger partial charge is 0.427 e. The third-order valence-corrected chi connectivity index (χ3v) is 3.89. The molecule has 0 aliphatic heterocycles. The Hall–Kier alpha value is -2.22. The van der Waals surface area contributed by atoms with Gasteiger partial charge in [-0.25, -0.2) is 19.6 Å². The van der Waals surface area contributed by atoms with E-state index in [-0.39, 0.29) is 18.0 Å². The maximum absolute atomic E-state index is 12.6. The SMILES string of the molecule is CC(C)(C)OC(=O)N(C(=O)OC(C)(C)C)c1ncc(C2CCC(O)C2)cn1. The Morgan fingerprint density at radius 2 is 1.48 bits per heavy atom. The topological polar surface area (TPSA) is 102 Å². The molecular weight excluding hydrogens is 350 g/mol. The van der Waals surface area contributed by atoms with Crippen molar-refractivity contribution in [2.75, 3.05) is 4.90 Å². The molecule has 2 amide bonds. The van der Waals surface area contributed by atoms with Crippen LogP contribution in [-0.4, -0.2) is 44.6 Å². The quantitative estimate of drug-likeness (QED) is 0.834. The number of nitrogens with zero attached hydrogens (tertiary/aromatic N) is 3. The first kappa shape index (κ1) is 21.1. The minimum absolute atomic E-state index is 0.110. The normalized spacial score (nSPS) is 20.3. The molecule has 1 aromatic rings. The largest absolute Gasteiger partial charge is 0.443 e. The van der Waals surface area contributed by atoms with Crippen molar-refractivity contribution in [1.29, 1.82) is 0 Å². The van der Waals surface area contributed by atoms with E-state index < -0.39 is 23.4 Å². The van der Waals surface area contributed by atoms with Crippen molar-refractivity contribution in [1.82, 2.24) is 9.97 Å². The predicted molar refractivity (Wildman–Crippen MR) is 99.6 cm³/mol. The Balaban J connectivity index is 2.26. The number of hydrogen-bond donors (Lipinski definition) is 1. The molecule has 1 N–H and O–H groups in total. The Morgan fingerprint density at radius 3 is 1.85 bits per heavy atom. The first-order valence-electron chi connectivity index (χ1n) is 9.12. The molecule has 0 aromatic carbocycles. The fourth-order valence-electron chi connectivity index (χ4n) is 2.77. The number of carbonyl (C=O) groups excluding carboxylic acids is 2. The minimum Gasteiger partial charge on any atom is -0.443 e. The number of rotatable bonds is 2. The van der Waals surface area contributed by atoms with Crippen molar-refractivity contribution in [3.05, 3.63) is 18.0 Å². The number of anilines is 1. The molecule has 0 spiro atoms. The number of aliphatic hydroxyl groups is 1. The third kappa shape index (κ3) is 6.16. The molecule has 0 bridgehead atoms. The van der Waals surface area contributed by atoms with Gasteiger partial charge in [0.1, 0.15) is 11.2 Å². The molecule has 1 heterocycles. The molecule has 2 rings (SSSR count). The molecule has 0 saturated heterocycles. The van der Waals surface area contributed by atoms with Crippen LogP contribution in [0.15, 0.2) is 12.4 Å². The molecule has 1 aliphatic rings. The van der Waals surface area contributed by atoms with Gasteiger partial charge in [0.05, 0.1) is 6.10 Å². The first-order valence-corrected chi connectivity index (χ1v) is 9.12. The van der Waals surface area contributed by atoms with E-state index in [1.807, 2.05) is 0 Å². The van der Waals surface area contributed by atoms with Crippen molar-refractivity contribution in [2.24, 2.45) is 0 Å². The van der Waals surface area contributed by atoms with Gasteiger partial charge >= 0.3 is 12.2 Å². The van der Waals surface area contributed by atoms with Crippen LogP contribution in [0.25, 0.3) is 0 Å². The third-order valence-electron chi connectivity index (χ3n) is 3.89. The number of aliphatic hydroxyl groups excluding tert-OH is 1. The molecule has 1 saturated carbocycles. The van der Waals surface area contributed by atoms with Gasteiger partial charge in [-0.2, -0.15) is 0 Å². The Morgan fingerprint density at radius 1 is 1.00 bits per heavy atom. The number of carbonyl (C=O) groups is 2. The number of aromatic nitrogens is 2. The summed E-state index contributed by atoms with van der Waals surface area (Å²) in [6.07, 6.45) is 3.29. The Bertz CT molecular complexity index is 648. The van der Waals surface area contributed by atoms with E-state index >= 15 is 0 Å². The average molecular weight is 379 g/mol. The average Bonchev–Trinajstić information content (AvgIpc) is 2.91. The molecule has 8 nitrogen and oxygen atoms in total. The van der Waals surface area contributed by atoms with E-state index in [4.69, 9.17) is 9.47 Å². The number of ether oxygens (including phenoxy) is 2. The van der Waals surface area contributed by atoms with Gasteiger partial charge in [0.2, 0.25) is 5.95 Å². The molecule has 2 atom stereocenters. The summed E-state index contributed by atoms with van der Waals surface area (Å²) in [4.78, 5) is 34.2. The maximum atomic E-state index is 12.6. The number of hydrogen-bond acceptors (Lipinski definition) is 7. The lowest BCUT2D eigenvalue weighted by atomic mass is 10.0. The highest BCUT2D eigenvalue weighted by Crippen LogP contribution is 2.34. The van der Waals surface area contributed by atoms with Crippen molar-refractivity contribution in [3.63, 3.8) is 0 Å². The molecule has 2 unspecified atom stereocenters. The zero-order valence-electron chi connectivity index (χ0n) is 16.9. The predicted octanol–water partition coefficient (Wildman–Crippen LogP) is 3.78. The highest BCUT2D eigenvalue weighted by atomic mass is 16.6. The van der Waals surface area contributed by atoms with E-state index in [9.17, 15) is 14.7 Å². The molecule has 1 fully saturated rings. The van der Waals surface area contributed by atoms with Gasteiger partial charge in [-0.15, -0.1) is 4.90 Å². The summed E-state index contributed by atoms with van der Waals surface area (Å²) in [6, 6.07) is 0. The second-order valence-corrected chi connectivity index (χ2v) is 8.78. The van der Waals surface area contributed by atoms with Crippen molar-refractivity contribution in [3.8, 4) is 0 Å². The van der Waals surface area contributed by atoms with Crippen LogP contribution in [0.5, 0.6) is 0 Å². The Labute approximate surface area is 159 Å². The zero-order valence-corrected chi connectivity index (χ0v) is 16.9. The summed E-state index contributed by atoms with van der Waals surface area (Å²) >= 11 is 0. The lowest BCUT2D eigenvalue weighted by Gasteiger charge is -2.27. The van der Waals surface area contributed by atoms with Crippen LogP contribution in [0.3, 0.4) is 0 Å². The van der Waals surface area contributed by atoms with E-state index in [1.54, 1.807) is 53.9 Å². The summed E-state index contributed by atoms with van der Waals surface area (Å²) in [5, 5.41) is 9.69. The molecule has 0 radical (unpaired) electrons. The van der Waals surface area contributed by atoms with E-state index in [1.165, 1.54) is 0 Å². The summed E-state index contributed by atoms with van der Waals surface area (Å²) in [5.74, 6) is 0.0614. The van der Waals surface area contributed by atoms with Gasteiger partial charge in [-0.3, -0.25) is 0 Å². The molecule has 27 heavy (non-hydrogen) atoms. The minimum atomic E-state index is -0.902. The van der Waals surface area contributed by atoms with Crippen LogP contribution in [0.2, 0.25) is 0 Å². The van der Waals surface area contributed by atoms with Crippen molar-refractivity contribution < 1.29 is 24.2 Å². The van der Waals surface area contributed by atoms with Gasteiger partial charge in [0.25, 0.3) is 0 Å². The van der Waals surface area contributed by atoms with Gasteiger partial charge in [0.15, 0.2) is 0 Å². The van der Waals surface area contributed by atoms with E-state index in [2.05, 4.69) is 9.97 Å². The molecule has 1 aliphatic carbocycles. The van der Waals surface area contributed by atoms with Gasteiger partial charge in [0, 0.05) is 12.4 Å². The fraction of sp³-hybridized carbons (Fsp3) is 0.684. The second-order valence-electron chi connectivity index (χ2n) is 8.78. The van der Waals surface area contributed by atoms with Gasteiger partial charge < -0.3 is 14.6 Å². The molecule has 8 heteroatoms. The second kappa shape index (κ2) is 7.80. The monoisotopic (exact) mass is 379 g/mol. The summed E-state index contributed by atoms with van der Waals surface area (Å²) < 4.78 is 10.6. The van der Waals surface area contributed by atoms with Gasteiger partial charge in [-0.05, 0) is 72.3 Å². The maximum Gasteiger partial charge on any atom is 0.427 e. The highest BCUT2D eigenvalue weighted by Gasteiger charge is 2.35. The van der Waals surface area contributed by atoms with E-state index in [0.717, 1.165) is 18.4 Å². The van der Waals surface area contributed by atoms with Crippen LogP contribution in [-0.2, 0) is 9.47 Å². The highest BCUT2D eigenvalue weighted by molar-refractivity contribution is 6.08. The van der Waals surface area contributed by atoms with Crippen LogP contribution in [0.1, 0.15) is 72.3 Å². The summed E-state index contributed by atoms with van der Waals surface area (Å²) in [7, 11) is 0. The van der Waals surface area contributed by atoms with Gasteiger partial charge in [-0.1, -0.05) is 0 Å². The summed E-state index contributed by atoms with van der Waals surface area (Å²) in [6.45, 7) is 10.2. The fourth-order valence-corrected chi connectivity index (χ4v) is 2.77. The number of imide groups is 1. The van der Waals surface area contributed by atoms with Crippen LogP contribution in [0.4, 0.5) is 15.5 Å². The molecule has 150 valence electrons. The van der Waals surface area contributed by atoms with E-state index in [0.29, 0.717) is 11.3 Å². The Kier molecular flexibility index (Phi) is 6.09. The lowest BCUT2D eigenvalue weighted by molar-refractivity contribution is 0.0427. The zero-order chi connectivity index (χ0) is 20.4. The summed E-state index contributed by atoms with van der Waals surface area (Å²) in [5.41, 5.74) is -0.724.